The molecule has 2 rings (SSSR count). The smallest absolute Gasteiger partial charge is 0.0720 e. The summed E-state index contributed by atoms with van der Waals surface area (Å²) in [7, 11) is 2.18. The van der Waals surface area contributed by atoms with Gasteiger partial charge in [-0.15, -0.1) is 0 Å². The molecule has 1 fully saturated rings. The molecule has 21 heavy (non-hydrogen) atoms. The largest absolute Gasteiger partial charge is 0.373 e. The minimum atomic E-state index is 0.439. The summed E-state index contributed by atoms with van der Waals surface area (Å²) in [5.74, 6) is 0.701. The lowest BCUT2D eigenvalue weighted by molar-refractivity contribution is 0.00213. The van der Waals surface area contributed by atoms with Gasteiger partial charge < -0.3 is 15.0 Å². The van der Waals surface area contributed by atoms with Gasteiger partial charge in [0, 0.05) is 19.6 Å². The van der Waals surface area contributed by atoms with Gasteiger partial charge in [0.25, 0.3) is 0 Å². The van der Waals surface area contributed by atoms with E-state index in [0.717, 1.165) is 45.6 Å². The molecular formula is C18H30N2O. The average Bonchev–Trinajstić information content (AvgIpc) is 2.48. The van der Waals surface area contributed by atoms with Gasteiger partial charge in [-0.3, -0.25) is 0 Å². The van der Waals surface area contributed by atoms with Crippen LogP contribution in [0, 0.1) is 5.92 Å². The molecule has 3 heteroatoms. The molecule has 118 valence electrons. The third kappa shape index (κ3) is 6.16. The van der Waals surface area contributed by atoms with E-state index in [-0.39, 0.29) is 0 Å². The summed E-state index contributed by atoms with van der Waals surface area (Å²) in [5, 5.41) is 3.47. The van der Waals surface area contributed by atoms with Gasteiger partial charge in [0.2, 0.25) is 0 Å². The highest BCUT2D eigenvalue weighted by molar-refractivity contribution is 5.21. The number of likely N-dealkylation sites (tertiary alicyclic amines) is 1. The predicted molar refractivity (Wildman–Crippen MR) is 88.3 cm³/mol. The Labute approximate surface area is 129 Å². The van der Waals surface area contributed by atoms with Gasteiger partial charge in [0.15, 0.2) is 0 Å². The van der Waals surface area contributed by atoms with Gasteiger partial charge in [-0.2, -0.15) is 0 Å². The maximum absolute atomic E-state index is 6.03. The molecule has 1 saturated heterocycles. The molecule has 0 saturated carbocycles. The van der Waals surface area contributed by atoms with Crippen molar-refractivity contribution < 1.29 is 4.74 Å². The van der Waals surface area contributed by atoms with E-state index in [2.05, 4.69) is 55.4 Å². The minimum Gasteiger partial charge on any atom is -0.373 e. The second-order valence-corrected chi connectivity index (χ2v) is 6.65. The summed E-state index contributed by atoms with van der Waals surface area (Å²) in [6.07, 6.45) is 2.76. The Kier molecular flexibility index (Phi) is 6.68. The normalized spacial score (nSPS) is 17.5. The Balaban J connectivity index is 1.69. The first-order valence-corrected chi connectivity index (χ1v) is 8.22. The van der Waals surface area contributed by atoms with Crippen molar-refractivity contribution in [3.8, 4) is 0 Å². The highest BCUT2D eigenvalue weighted by atomic mass is 16.5. The molecular weight excluding hydrogens is 260 g/mol. The van der Waals surface area contributed by atoms with Crippen molar-refractivity contribution in [3.63, 3.8) is 0 Å². The lowest BCUT2D eigenvalue weighted by Gasteiger charge is -2.28. The number of benzene rings is 1. The molecule has 3 nitrogen and oxygen atoms in total. The maximum atomic E-state index is 6.03. The Morgan fingerprint density at radius 1 is 1.14 bits per heavy atom. The monoisotopic (exact) mass is 290 g/mol. The number of hydrogen-bond donors (Lipinski definition) is 1. The van der Waals surface area contributed by atoms with Gasteiger partial charge in [-0.25, -0.2) is 0 Å². The molecule has 1 aromatic carbocycles. The predicted octanol–water partition coefficient (Wildman–Crippen LogP) is 3.04. The van der Waals surface area contributed by atoms with Crippen LogP contribution in [0.2, 0.25) is 0 Å². The van der Waals surface area contributed by atoms with E-state index in [4.69, 9.17) is 4.74 Å². The number of nitrogens with zero attached hydrogens (tertiary/aromatic N) is 1. The molecule has 0 spiro atoms. The fourth-order valence-electron chi connectivity index (χ4n) is 2.62. The van der Waals surface area contributed by atoms with Crippen LogP contribution in [0.25, 0.3) is 0 Å². The van der Waals surface area contributed by atoms with Gasteiger partial charge in [-0.1, -0.05) is 38.1 Å². The topological polar surface area (TPSA) is 24.5 Å². The van der Waals surface area contributed by atoms with Crippen molar-refractivity contribution in [2.75, 3.05) is 26.7 Å². The van der Waals surface area contributed by atoms with Gasteiger partial charge in [-0.05, 0) is 43.5 Å². The van der Waals surface area contributed by atoms with Crippen LogP contribution in [0.5, 0.6) is 0 Å². The van der Waals surface area contributed by atoms with Crippen molar-refractivity contribution in [3.05, 3.63) is 35.4 Å². The molecule has 0 bridgehead atoms. The van der Waals surface area contributed by atoms with Crippen LogP contribution in [0.15, 0.2) is 24.3 Å². The molecule has 0 atom stereocenters. The van der Waals surface area contributed by atoms with Crippen LogP contribution in [0.1, 0.15) is 37.8 Å². The van der Waals surface area contributed by atoms with Crippen molar-refractivity contribution in [1.29, 1.82) is 0 Å². The zero-order valence-corrected chi connectivity index (χ0v) is 13.8. The second kappa shape index (κ2) is 8.52. The van der Waals surface area contributed by atoms with Crippen LogP contribution >= 0.6 is 0 Å². The zero-order valence-electron chi connectivity index (χ0n) is 13.8. The van der Waals surface area contributed by atoms with E-state index in [9.17, 15) is 0 Å². The van der Waals surface area contributed by atoms with Crippen LogP contribution in [0.3, 0.4) is 0 Å². The third-order valence-electron chi connectivity index (χ3n) is 4.06. The number of rotatable bonds is 7. The highest BCUT2D eigenvalue weighted by Gasteiger charge is 2.16. The molecule has 0 unspecified atom stereocenters. The summed E-state index contributed by atoms with van der Waals surface area (Å²) < 4.78 is 6.03. The first-order valence-electron chi connectivity index (χ1n) is 8.22. The second-order valence-electron chi connectivity index (χ2n) is 6.65. The van der Waals surface area contributed by atoms with Gasteiger partial charge in [0.1, 0.15) is 0 Å². The van der Waals surface area contributed by atoms with Crippen molar-refractivity contribution >= 4 is 0 Å². The third-order valence-corrected chi connectivity index (χ3v) is 4.06. The lowest BCUT2D eigenvalue weighted by atomic mass is 10.1. The first-order chi connectivity index (χ1) is 10.1. The number of nitrogens with one attached hydrogen (secondary N) is 1. The van der Waals surface area contributed by atoms with E-state index in [1.165, 1.54) is 11.1 Å². The molecule has 1 aromatic rings. The Morgan fingerprint density at radius 2 is 1.76 bits per heavy atom. The summed E-state index contributed by atoms with van der Waals surface area (Å²) in [4.78, 5) is 2.37. The van der Waals surface area contributed by atoms with Crippen LogP contribution in [-0.2, 0) is 17.9 Å². The Bertz CT molecular complexity index is 394. The maximum Gasteiger partial charge on any atom is 0.0720 e. The minimum absolute atomic E-state index is 0.439. The molecule has 0 aliphatic carbocycles. The standard InChI is InChI=1S/C18H30N2O/c1-15(2)12-19-13-16-4-6-17(7-5-16)14-21-18-8-10-20(3)11-9-18/h4-7,15,18-19H,8-14H2,1-3H3. The molecule has 1 heterocycles. The van der Waals surface area contributed by atoms with E-state index in [1.807, 2.05) is 0 Å². The van der Waals surface area contributed by atoms with Crippen molar-refractivity contribution in [2.45, 2.75) is 45.9 Å². The van der Waals surface area contributed by atoms with E-state index >= 15 is 0 Å². The van der Waals surface area contributed by atoms with E-state index < -0.39 is 0 Å². The molecule has 1 N–H and O–H groups in total. The van der Waals surface area contributed by atoms with Crippen LogP contribution in [-0.4, -0.2) is 37.7 Å². The SMILES string of the molecule is CC(C)CNCc1ccc(COC2CCN(C)CC2)cc1. The molecule has 1 aliphatic heterocycles. The highest BCUT2D eigenvalue weighted by Crippen LogP contribution is 2.15. The molecule has 0 aromatic heterocycles. The number of hydrogen-bond acceptors (Lipinski definition) is 3. The lowest BCUT2D eigenvalue weighted by Crippen LogP contribution is -2.34. The van der Waals surface area contributed by atoms with E-state index in [1.54, 1.807) is 0 Å². The Hall–Kier alpha value is -0.900. The molecule has 0 amide bonds. The summed E-state index contributed by atoms with van der Waals surface area (Å²) >= 11 is 0. The molecule has 1 aliphatic rings. The summed E-state index contributed by atoms with van der Waals surface area (Å²) in [5.41, 5.74) is 2.63. The number of ether oxygens (including phenoxy) is 1. The summed E-state index contributed by atoms with van der Waals surface area (Å²) in [6.45, 7) is 9.55. The van der Waals surface area contributed by atoms with Gasteiger partial charge >= 0.3 is 0 Å². The quantitative estimate of drug-likeness (QED) is 0.835. The van der Waals surface area contributed by atoms with Crippen LogP contribution < -0.4 is 5.32 Å². The fourth-order valence-corrected chi connectivity index (χ4v) is 2.62. The fraction of sp³-hybridized carbons (Fsp3) is 0.667. The van der Waals surface area contributed by atoms with Gasteiger partial charge in [0.05, 0.1) is 12.7 Å². The zero-order chi connectivity index (χ0) is 15.1. The number of piperidine rings is 1. The Morgan fingerprint density at radius 3 is 2.38 bits per heavy atom. The average molecular weight is 290 g/mol. The van der Waals surface area contributed by atoms with Crippen molar-refractivity contribution in [1.82, 2.24) is 10.2 Å². The molecule has 0 radical (unpaired) electrons. The van der Waals surface area contributed by atoms with E-state index in [0.29, 0.717) is 12.0 Å². The van der Waals surface area contributed by atoms with Crippen LogP contribution in [0.4, 0.5) is 0 Å². The van der Waals surface area contributed by atoms with Crippen molar-refractivity contribution in [2.24, 2.45) is 5.92 Å². The summed E-state index contributed by atoms with van der Waals surface area (Å²) in [6, 6.07) is 8.81. The first kappa shape index (κ1) is 16.5.